The maximum Gasteiger partial charge on any atom is 0.308 e. The van der Waals surface area contributed by atoms with E-state index in [9.17, 15) is 15.0 Å². The summed E-state index contributed by atoms with van der Waals surface area (Å²) in [6.07, 6.45) is 0.136. The first kappa shape index (κ1) is 12.5. The largest absolute Gasteiger partial charge is 0.469 e. The van der Waals surface area contributed by atoms with E-state index in [1.165, 1.54) is 24.0 Å². The molecule has 2 atom stereocenters. The number of hydrogen-bond acceptors (Lipinski definition) is 6. The maximum absolute atomic E-state index is 11.0. The molecule has 0 bridgehead atoms. The maximum atomic E-state index is 11.0. The van der Waals surface area contributed by atoms with Gasteiger partial charge in [0.1, 0.15) is 6.10 Å². The molecule has 0 spiro atoms. The number of aliphatic hydroxyl groups is 2. The van der Waals surface area contributed by atoms with Crippen LogP contribution in [0.15, 0.2) is 24.5 Å². The Hall–Kier alpha value is -1.99. The first-order chi connectivity index (χ1) is 8.63. The minimum absolute atomic E-state index is 0.294. The molecular formula is C11H13N3O4. The Morgan fingerprint density at radius 2 is 2.33 bits per heavy atom. The van der Waals surface area contributed by atoms with Gasteiger partial charge < -0.3 is 14.9 Å². The molecule has 2 aromatic rings. The normalized spacial score (nSPS) is 14.4. The number of esters is 1. The fourth-order valence-corrected chi connectivity index (χ4v) is 1.61. The SMILES string of the molecule is COC(=O)CC(O)C(O)c1cnc2cccnn12. The van der Waals surface area contributed by atoms with E-state index in [0.29, 0.717) is 11.3 Å². The summed E-state index contributed by atoms with van der Waals surface area (Å²) in [4.78, 5) is 15.1. The predicted molar refractivity (Wildman–Crippen MR) is 60.6 cm³/mol. The lowest BCUT2D eigenvalue weighted by molar-refractivity contribution is -0.144. The average molecular weight is 251 g/mol. The number of carbonyl (C=O) groups is 1. The van der Waals surface area contributed by atoms with Crippen molar-refractivity contribution < 1.29 is 19.7 Å². The quantitative estimate of drug-likeness (QED) is 0.723. The van der Waals surface area contributed by atoms with Gasteiger partial charge in [0, 0.05) is 6.20 Å². The smallest absolute Gasteiger partial charge is 0.308 e. The lowest BCUT2D eigenvalue weighted by Crippen LogP contribution is -2.23. The zero-order chi connectivity index (χ0) is 13.1. The van der Waals surface area contributed by atoms with Crippen LogP contribution in [0.2, 0.25) is 0 Å². The zero-order valence-corrected chi connectivity index (χ0v) is 9.72. The van der Waals surface area contributed by atoms with Crippen molar-refractivity contribution >= 4 is 11.6 Å². The van der Waals surface area contributed by atoms with Crippen LogP contribution in [0.3, 0.4) is 0 Å². The molecule has 2 rings (SSSR count). The Balaban J connectivity index is 2.22. The molecule has 0 saturated heterocycles. The Labute approximate surface area is 103 Å². The van der Waals surface area contributed by atoms with Crippen molar-refractivity contribution in [1.29, 1.82) is 0 Å². The van der Waals surface area contributed by atoms with Gasteiger partial charge in [0.25, 0.3) is 0 Å². The number of ether oxygens (including phenoxy) is 1. The minimum atomic E-state index is -1.26. The Bertz CT molecular complexity index is 554. The van der Waals surface area contributed by atoms with Crippen LogP contribution in [-0.2, 0) is 9.53 Å². The third-order valence-electron chi connectivity index (χ3n) is 2.58. The van der Waals surface area contributed by atoms with Gasteiger partial charge in [0.2, 0.25) is 0 Å². The van der Waals surface area contributed by atoms with Gasteiger partial charge in [-0.3, -0.25) is 4.79 Å². The molecule has 0 aliphatic heterocycles. The third kappa shape index (κ3) is 2.31. The summed E-state index contributed by atoms with van der Waals surface area (Å²) in [6, 6.07) is 3.43. The third-order valence-corrected chi connectivity index (χ3v) is 2.58. The summed E-state index contributed by atoms with van der Waals surface area (Å²) >= 11 is 0. The Morgan fingerprint density at radius 3 is 3.06 bits per heavy atom. The van der Waals surface area contributed by atoms with Crippen molar-refractivity contribution in [2.75, 3.05) is 7.11 Å². The van der Waals surface area contributed by atoms with E-state index in [4.69, 9.17) is 0 Å². The highest BCUT2D eigenvalue weighted by molar-refractivity contribution is 5.69. The van der Waals surface area contributed by atoms with Gasteiger partial charge in [-0.25, -0.2) is 9.50 Å². The fourth-order valence-electron chi connectivity index (χ4n) is 1.61. The summed E-state index contributed by atoms with van der Waals surface area (Å²) in [6.45, 7) is 0. The van der Waals surface area contributed by atoms with Gasteiger partial charge in [0.15, 0.2) is 5.65 Å². The van der Waals surface area contributed by atoms with Gasteiger partial charge >= 0.3 is 5.97 Å². The number of carbonyl (C=O) groups excluding carboxylic acids is 1. The van der Waals surface area contributed by atoms with E-state index < -0.39 is 18.2 Å². The molecule has 2 aromatic heterocycles. The number of hydrogen-bond donors (Lipinski definition) is 2. The predicted octanol–water partition coefficient (Wildman–Crippen LogP) is -0.313. The van der Waals surface area contributed by atoms with Crippen LogP contribution in [0.4, 0.5) is 0 Å². The molecule has 0 saturated carbocycles. The fraction of sp³-hybridized carbons (Fsp3) is 0.364. The topological polar surface area (TPSA) is 97.0 Å². The number of methoxy groups -OCH3 is 1. The molecular weight excluding hydrogens is 238 g/mol. The van der Waals surface area contributed by atoms with Crippen molar-refractivity contribution in [1.82, 2.24) is 14.6 Å². The van der Waals surface area contributed by atoms with Crippen LogP contribution >= 0.6 is 0 Å². The lowest BCUT2D eigenvalue weighted by atomic mass is 10.1. The lowest BCUT2D eigenvalue weighted by Gasteiger charge is -2.15. The van der Waals surface area contributed by atoms with Gasteiger partial charge in [-0.15, -0.1) is 0 Å². The Morgan fingerprint density at radius 1 is 1.56 bits per heavy atom. The molecule has 2 N–H and O–H groups in total. The monoisotopic (exact) mass is 251 g/mol. The van der Waals surface area contributed by atoms with Crippen molar-refractivity contribution in [2.24, 2.45) is 0 Å². The van der Waals surface area contributed by atoms with Crippen molar-refractivity contribution in [3.8, 4) is 0 Å². The van der Waals surface area contributed by atoms with Crippen LogP contribution < -0.4 is 0 Å². The van der Waals surface area contributed by atoms with Crippen LogP contribution in [0.5, 0.6) is 0 Å². The van der Waals surface area contributed by atoms with Gasteiger partial charge in [-0.1, -0.05) is 0 Å². The molecule has 7 heteroatoms. The highest BCUT2D eigenvalue weighted by atomic mass is 16.5. The number of aromatic nitrogens is 3. The summed E-state index contributed by atoms with van der Waals surface area (Å²) in [5.41, 5.74) is 0.874. The highest BCUT2D eigenvalue weighted by Crippen LogP contribution is 2.19. The van der Waals surface area contributed by atoms with E-state index in [1.807, 2.05) is 0 Å². The molecule has 96 valence electrons. The second kappa shape index (κ2) is 5.11. The second-order valence-electron chi connectivity index (χ2n) is 3.77. The van der Waals surface area contributed by atoms with E-state index in [-0.39, 0.29) is 6.42 Å². The number of nitrogens with zero attached hydrogens (tertiary/aromatic N) is 3. The molecule has 0 aromatic carbocycles. The second-order valence-corrected chi connectivity index (χ2v) is 3.77. The number of imidazole rings is 1. The van der Waals surface area contributed by atoms with Gasteiger partial charge in [0.05, 0.1) is 31.5 Å². The van der Waals surface area contributed by atoms with E-state index in [0.717, 1.165) is 0 Å². The average Bonchev–Trinajstić information content (AvgIpc) is 2.81. The first-order valence-electron chi connectivity index (χ1n) is 5.35. The molecule has 0 aliphatic rings. The molecule has 2 heterocycles. The molecule has 7 nitrogen and oxygen atoms in total. The summed E-state index contributed by atoms with van der Waals surface area (Å²) in [5, 5.41) is 23.7. The minimum Gasteiger partial charge on any atom is -0.469 e. The summed E-state index contributed by atoms with van der Waals surface area (Å²) in [5.74, 6) is -0.594. The van der Waals surface area contributed by atoms with Crippen LogP contribution in [0, 0.1) is 0 Å². The number of rotatable bonds is 4. The first-order valence-corrected chi connectivity index (χ1v) is 5.35. The highest BCUT2D eigenvalue weighted by Gasteiger charge is 2.25. The van der Waals surface area contributed by atoms with E-state index in [2.05, 4.69) is 14.8 Å². The molecule has 0 amide bonds. The number of fused-ring (bicyclic) bond motifs is 1. The number of aliphatic hydroxyl groups excluding tert-OH is 2. The standard InChI is InChI=1S/C11H13N3O4/c1-18-10(16)5-8(15)11(17)7-6-12-9-3-2-4-13-14(7)9/h2-4,6,8,11,15,17H,5H2,1H3. The van der Waals surface area contributed by atoms with E-state index >= 15 is 0 Å². The molecule has 0 aliphatic carbocycles. The van der Waals surface area contributed by atoms with Gasteiger partial charge in [-0.05, 0) is 12.1 Å². The van der Waals surface area contributed by atoms with Crippen molar-refractivity contribution in [3.05, 3.63) is 30.2 Å². The Kier molecular flexibility index (Phi) is 3.54. The molecule has 0 fully saturated rings. The van der Waals surface area contributed by atoms with Crippen LogP contribution in [0.25, 0.3) is 5.65 Å². The zero-order valence-electron chi connectivity index (χ0n) is 9.72. The molecule has 18 heavy (non-hydrogen) atoms. The van der Waals surface area contributed by atoms with Crippen molar-refractivity contribution in [2.45, 2.75) is 18.6 Å². The summed E-state index contributed by atoms with van der Waals surface area (Å²) < 4.78 is 5.84. The molecule has 0 radical (unpaired) electrons. The van der Waals surface area contributed by atoms with Gasteiger partial charge in [-0.2, -0.15) is 5.10 Å². The van der Waals surface area contributed by atoms with Crippen molar-refractivity contribution in [3.63, 3.8) is 0 Å². The van der Waals surface area contributed by atoms with E-state index in [1.54, 1.807) is 12.1 Å². The summed E-state index contributed by atoms with van der Waals surface area (Å²) in [7, 11) is 1.22. The van der Waals surface area contributed by atoms with Crippen LogP contribution in [0.1, 0.15) is 18.2 Å². The van der Waals surface area contributed by atoms with Crippen LogP contribution in [-0.4, -0.2) is 44.0 Å². The molecule has 2 unspecified atom stereocenters.